The minimum atomic E-state index is -0.0715. The van der Waals surface area contributed by atoms with Gasteiger partial charge >= 0.3 is 6.03 Å². The van der Waals surface area contributed by atoms with E-state index in [9.17, 15) is 9.59 Å². The summed E-state index contributed by atoms with van der Waals surface area (Å²) in [7, 11) is 0. The Morgan fingerprint density at radius 2 is 1.80 bits per heavy atom. The third-order valence-electron chi connectivity index (χ3n) is 5.20. The third-order valence-corrected chi connectivity index (χ3v) is 5.20. The maximum absolute atomic E-state index is 12.5. The van der Waals surface area contributed by atoms with E-state index < -0.39 is 0 Å². The van der Waals surface area contributed by atoms with Gasteiger partial charge in [0.1, 0.15) is 0 Å². The highest BCUT2D eigenvalue weighted by atomic mass is 16.2. The van der Waals surface area contributed by atoms with Crippen LogP contribution in [0.25, 0.3) is 5.82 Å². The molecule has 30 heavy (non-hydrogen) atoms. The lowest BCUT2D eigenvalue weighted by Crippen LogP contribution is -2.51. The lowest BCUT2D eigenvalue weighted by atomic mass is 10.1. The molecule has 0 saturated carbocycles. The van der Waals surface area contributed by atoms with Crippen molar-refractivity contribution in [3.05, 3.63) is 72.2 Å². The van der Waals surface area contributed by atoms with Crippen LogP contribution in [0.2, 0.25) is 0 Å². The van der Waals surface area contributed by atoms with E-state index in [0.717, 1.165) is 30.2 Å². The fraction of sp³-hybridized carbons (Fsp3) is 0.273. The molecule has 154 valence electrons. The van der Waals surface area contributed by atoms with Crippen molar-refractivity contribution in [2.45, 2.75) is 13.5 Å². The molecule has 0 unspecified atom stereocenters. The fourth-order valence-corrected chi connectivity index (χ4v) is 3.43. The van der Waals surface area contributed by atoms with Gasteiger partial charge in [-0.05, 0) is 48.9 Å². The van der Waals surface area contributed by atoms with Gasteiger partial charge in [0.25, 0.3) is 0 Å². The molecule has 4 rings (SSSR count). The fourth-order valence-electron chi connectivity index (χ4n) is 3.43. The smallest absolute Gasteiger partial charge is 0.317 e. The molecule has 3 aromatic rings. The van der Waals surface area contributed by atoms with Crippen molar-refractivity contribution in [2.24, 2.45) is 0 Å². The number of urea groups is 1. The summed E-state index contributed by atoms with van der Waals surface area (Å²) in [6.07, 6.45) is 5.29. The predicted molar refractivity (Wildman–Crippen MR) is 114 cm³/mol. The van der Waals surface area contributed by atoms with E-state index in [2.05, 4.69) is 20.3 Å². The highest BCUT2D eigenvalue weighted by Crippen LogP contribution is 2.18. The molecule has 1 aromatic carbocycles. The molecule has 2 aromatic heterocycles. The Morgan fingerprint density at radius 1 is 1.03 bits per heavy atom. The molecule has 1 aliphatic heterocycles. The van der Waals surface area contributed by atoms with Gasteiger partial charge in [-0.15, -0.1) is 0 Å². The number of Topliss-reactive ketones (excluding diaryl/α,β-unsaturated/α-hetero) is 1. The van der Waals surface area contributed by atoms with Crippen molar-refractivity contribution in [3.8, 4) is 5.82 Å². The van der Waals surface area contributed by atoms with Gasteiger partial charge in [0.15, 0.2) is 11.6 Å². The summed E-state index contributed by atoms with van der Waals surface area (Å²) >= 11 is 0. The maximum atomic E-state index is 12.5. The zero-order chi connectivity index (χ0) is 20.9. The molecule has 1 fully saturated rings. The highest BCUT2D eigenvalue weighted by molar-refractivity contribution is 5.94. The summed E-state index contributed by atoms with van der Waals surface area (Å²) in [6.45, 7) is 4.81. The Morgan fingerprint density at radius 3 is 2.40 bits per heavy atom. The van der Waals surface area contributed by atoms with Crippen LogP contribution in [-0.4, -0.2) is 57.7 Å². The lowest BCUT2D eigenvalue weighted by Gasteiger charge is -2.36. The van der Waals surface area contributed by atoms with Crippen LogP contribution in [0.15, 0.2) is 61.1 Å². The van der Waals surface area contributed by atoms with E-state index in [1.807, 2.05) is 53.6 Å². The van der Waals surface area contributed by atoms with Gasteiger partial charge in [0.05, 0.1) is 0 Å². The van der Waals surface area contributed by atoms with Crippen LogP contribution in [0.1, 0.15) is 22.8 Å². The first-order valence-corrected chi connectivity index (χ1v) is 9.94. The number of rotatable bonds is 5. The number of carbonyl (C=O) groups is 2. The largest absolute Gasteiger partial charge is 0.368 e. The van der Waals surface area contributed by atoms with Crippen LogP contribution in [0.5, 0.6) is 0 Å². The summed E-state index contributed by atoms with van der Waals surface area (Å²) in [4.78, 5) is 32.4. The molecule has 1 aliphatic rings. The summed E-state index contributed by atoms with van der Waals surface area (Å²) < 4.78 is 1.69. The van der Waals surface area contributed by atoms with Crippen molar-refractivity contribution in [2.75, 3.05) is 31.1 Å². The SMILES string of the molecule is CC(=O)c1ccc(N2CCN(C(=O)NCc3ccc(-n4cccn4)nc3)CC2)cc1. The van der Waals surface area contributed by atoms with Crippen LogP contribution >= 0.6 is 0 Å². The zero-order valence-electron chi connectivity index (χ0n) is 16.9. The quantitative estimate of drug-likeness (QED) is 0.661. The molecule has 8 nitrogen and oxygen atoms in total. The van der Waals surface area contributed by atoms with Crippen molar-refractivity contribution in [1.82, 2.24) is 25.0 Å². The van der Waals surface area contributed by atoms with Crippen molar-refractivity contribution >= 4 is 17.5 Å². The first-order chi connectivity index (χ1) is 14.6. The number of hydrogen-bond donors (Lipinski definition) is 1. The van der Waals surface area contributed by atoms with E-state index in [0.29, 0.717) is 25.2 Å². The van der Waals surface area contributed by atoms with Crippen LogP contribution in [0.4, 0.5) is 10.5 Å². The van der Waals surface area contributed by atoms with Gasteiger partial charge in [0.2, 0.25) is 0 Å². The molecule has 0 spiro atoms. The highest BCUT2D eigenvalue weighted by Gasteiger charge is 2.21. The second-order valence-electron chi connectivity index (χ2n) is 7.21. The minimum absolute atomic E-state index is 0.0641. The molecule has 0 radical (unpaired) electrons. The number of amides is 2. The second kappa shape index (κ2) is 8.77. The van der Waals surface area contributed by atoms with Gasteiger partial charge in [-0.2, -0.15) is 5.10 Å². The molecule has 0 bridgehead atoms. The molecule has 1 saturated heterocycles. The Kier molecular flexibility index (Phi) is 5.74. The number of nitrogens with zero attached hydrogens (tertiary/aromatic N) is 5. The van der Waals surface area contributed by atoms with Crippen LogP contribution in [0, 0.1) is 0 Å². The molecule has 8 heteroatoms. The number of anilines is 1. The first-order valence-electron chi connectivity index (χ1n) is 9.94. The van der Waals surface area contributed by atoms with Crippen molar-refractivity contribution in [1.29, 1.82) is 0 Å². The zero-order valence-corrected chi connectivity index (χ0v) is 16.9. The molecular weight excluding hydrogens is 380 g/mol. The number of carbonyl (C=O) groups excluding carboxylic acids is 2. The Balaban J connectivity index is 1.25. The average molecular weight is 404 g/mol. The Labute approximate surface area is 175 Å². The van der Waals surface area contributed by atoms with Crippen molar-refractivity contribution < 1.29 is 9.59 Å². The second-order valence-corrected chi connectivity index (χ2v) is 7.21. The number of aromatic nitrogens is 3. The van der Waals surface area contributed by atoms with E-state index in [4.69, 9.17) is 0 Å². The summed E-state index contributed by atoms with van der Waals surface area (Å²) in [6, 6.07) is 13.2. The molecule has 2 amide bonds. The Bertz CT molecular complexity index is 991. The maximum Gasteiger partial charge on any atom is 0.317 e. The van der Waals surface area contributed by atoms with E-state index in [1.165, 1.54) is 0 Å². The van der Waals surface area contributed by atoms with Gasteiger partial charge in [0, 0.05) is 62.6 Å². The third kappa shape index (κ3) is 4.48. The molecule has 3 heterocycles. The van der Waals surface area contributed by atoms with Gasteiger partial charge < -0.3 is 15.1 Å². The van der Waals surface area contributed by atoms with E-state index in [-0.39, 0.29) is 11.8 Å². The predicted octanol–water partition coefficient (Wildman–Crippen LogP) is 2.50. The minimum Gasteiger partial charge on any atom is -0.368 e. The van der Waals surface area contributed by atoms with Gasteiger partial charge in [-0.3, -0.25) is 4.79 Å². The molecular formula is C22H24N6O2. The topological polar surface area (TPSA) is 83.4 Å². The Hall–Kier alpha value is -3.68. The lowest BCUT2D eigenvalue weighted by molar-refractivity contribution is 0.101. The van der Waals surface area contributed by atoms with Crippen LogP contribution in [0.3, 0.4) is 0 Å². The summed E-state index contributed by atoms with van der Waals surface area (Å²) in [5.41, 5.74) is 2.72. The van der Waals surface area contributed by atoms with Crippen LogP contribution in [-0.2, 0) is 6.54 Å². The number of nitrogens with one attached hydrogen (secondary N) is 1. The monoisotopic (exact) mass is 404 g/mol. The standard InChI is InChI=1S/C22H24N6O2/c1-17(29)19-4-6-20(7-5-19)26-11-13-27(14-12-26)22(30)24-16-18-3-8-21(23-15-18)28-10-2-9-25-28/h2-10,15H,11-14,16H2,1H3,(H,24,30). The first kappa shape index (κ1) is 19.6. The molecule has 0 aliphatic carbocycles. The number of benzene rings is 1. The average Bonchev–Trinajstić information content (AvgIpc) is 3.33. The number of hydrogen-bond acceptors (Lipinski definition) is 5. The summed E-state index contributed by atoms with van der Waals surface area (Å²) in [5.74, 6) is 0.803. The normalized spacial score (nSPS) is 13.9. The number of pyridine rings is 1. The van der Waals surface area contributed by atoms with Gasteiger partial charge in [-0.1, -0.05) is 6.07 Å². The summed E-state index contributed by atoms with van der Waals surface area (Å²) in [5, 5.41) is 7.12. The van der Waals surface area contributed by atoms with E-state index in [1.54, 1.807) is 24.0 Å². The number of piperazine rings is 1. The number of ketones is 1. The van der Waals surface area contributed by atoms with Crippen molar-refractivity contribution in [3.63, 3.8) is 0 Å². The van der Waals surface area contributed by atoms with Crippen LogP contribution < -0.4 is 10.2 Å². The van der Waals surface area contributed by atoms with E-state index >= 15 is 0 Å². The molecule has 1 N–H and O–H groups in total. The van der Waals surface area contributed by atoms with Gasteiger partial charge in [-0.25, -0.2) is 14.5 Å². The molecule has 0 atom stereocenters.